The summed E-state index contributed by atoms with van der Waals surface area (Å²) in [6.07, 6.45) is 0.602. The van der Waals surface area contributed by atoms with E-state index in [1.54, 1.807) is 12.1 Å². The molecule has 1 atom stereocenters. The summed E-state index contributed by atoms with van der Waals surface area (Å²) in [6, 6.07) is 4.88. The Morgan fingerprint density at radius 3 is 3.00 bits per heavy atom. The van der Waals surface area contributed by atoms with Gasteiger partial charge in [0, 0.05) is 6.54 Å². The van der Waals surface area contributed by atoms with Gasteiger partial charge in [-0.05, 0) is 29.7 Å². The van der Waals surface area contributed by atoms with E-state index in [-0.39, 0.29) is 17.7 Å². The maximum Gasteiger partial charge on any atom is 0.234 e. The Bertz CT molecular complexity index is 376. The highest BCUT2D eigenvalue weighted by atomic mass is 16.3. The molecule has 2 rings (SSSR count). The lowest BCUT2D eigenvalue weighted by Gasteiger charge is -2.23. The number of fused-ring (bicyclic) bond motifs is 1. The van der Waals surface area contributed by atoms with Crippen molar-refractivity contribution >= 4 is 5.91 Å². The van der Waals surface area contributed by atoms with Crippen LogP contribution in [0.3, 0.4) is 0 Å². The second kappa shape index (κ2) is 3.31. The van der Waals surface area contributed by atoms with Crippen molar-refractivity contribution in [2.45, 2.75) is 19.0 Å². The van der Waals surface area contributed by atoms with Gasteiger partial charge in [-0.25, -0.2) is 0 Å². The molecule has 1 unspecified atom stereocenters. The van der Waals surface area contributed by atoms with Crippen LogP contribution >= 0.6 is 0 Å². The number of hydrogen-bond acceptors (Lipinski definition) is 3. The zero-order chi connectivity index (χ0) is 10.1. The summed E-state index contributed by atoms with van der Waals surface area (Å²) in [5, 5.41) is 12.3. The van der Waals surface area contributed by atoms with Gasteiger partial charge in [-0.3, -0.25) is 4.79 Å². The molecule has 4 nitrogen and oxygen atoms in total. The molecule has 1 amide bonds. The molecule has 74 valence electrons. The fraction of sp³-hybridized carbons (Fsp3) is 0.300. The molecule has 0 fully saturated rings. The molecule has 4 heteroatoms. The Hall–Kier alpha value is -1.55. The second-order valence-electron chi connectivity index (χ2n) is 3.49. The Kier molecular flexibility index (Phi) is 2.13. The predicted octanol–water partition coefficient (Wildman–Crippen LogP) is -0.108. The Morgan fingerprint density at radius 1 is 1.50 bits per heavy atom. The molecular formula is C10H12N2O2. The average molecular weight is 192 g/mol. The second-order valence-corrected chi connectivity index (χ2v) is 3.49. The van der Waals surface area contributed by atoms with Gasteiger partial charge in [0.1, 0.15) is 5.75 Å². The number of amides is 1. The van der Waals surface area contributed by atoms with E-state index in [1.807, 2.05) is 6.07 Å². The third-order valence-electron chi connectivity index (χ3n) is 2.50. The summed E-state index contributed by atoms with van der Waals surface area (Å²) in [4.78, 5) is 10.9. The van der Waals surface area contributed by atoms with Crippen molar-refractivity contribution in [3.63, 3.8) is 0 Å². The molecular weight excluding hydrogens is 180 g/mol. The van der Waals surface area contributed by atoms with Gasteiger partial charge in [-0.2, -0.15) is 0 Å². The van der Waals surface area contributed by atoms with E-state index in [4.69, 9.17) is 5.73 Å². The number of benzene rings is 1. The highest BCUT2D eigenvalue weighted by molar-refractivity contribution is 5.80. The van der Waals surface area contributed by atoms with Crippen LogP contribution in [-0.4, -0.2) is 17.1 Å². The van der Waals surface area contributed by atoms with Crippen molar-refractivity contribution in [1.29, 1.82) is 0 Å². The van der Waals surface area contributed by atoms with Crippen LogP contribution < -0.4 is 11.1 Å². The summed E-state index contributed by atoms with van der Waals surface area (Å²) >= 11 is 0. The highest BCUT2D eigenvalue weighted by Crippen LogP contribution is 2.21. The summed E-state index contributed by atoms with van der Waals surface area (Å²) in [5.74, 6) is -0.0770. The minimum Gasteiger partial charge on any atom is -0.508 e. The topological polar surface area (TPSA) is 75.4 Å². The van der Waals surface area contributed by atoms with Crippen LogP contribution in [-0.2, 0) is 17.8 Å². The van der Waals surface area contributed by atoms with Crippen molar-refractivity contribution < 1.29 is 9.90 Å². The van der Waals surface area contributed by atoms with Gasteiger partial charge in [-0.15, -0.1) is 0 Å². The highest BCUT2D eigenvalue weighted by Gasteiger charge is 2.21. The van der Waals surface area contributed by atoms with E-state index >= 15 is 0 Å². The maximum atomic E-state index is 10.9. The Labute approximate surface area is 81.7 Å². The first kappa shape index (κ1) is 9.02. The quantitative estimate of drug-likeness (QED) is 0.581. The van der Waals surface area contributed by atoms with Crippen LogP contribution in [0.15, 0.2) is 18.2 Å². The summed E-state index contributed by atoms with van der Waals surface area (Å²) in [5.41, 5.74) is 7.31. The summed E-state index contributed by atoms with van der Waals surface area (Å²) < 4.78 is 0. The maximum absolute atomic E-state index is 10.9. The standard InChI is InChI=1S/C10H12N2O2/c11-10(14)9-4-6-1-2-8(13)3-7(6)5-12-9/h1-3,9,12-13H,4-5H2,(H2,11,14). The van der Waals surface area contributed by atoms with Crippen molar-refractivity contribution in [2.75, 3.05) is 0 Å². The third kappa shape index (κ3) is 1.56. The number of aromatic hydroxyl groups is 1. The van der Waals surface area contributed by atoms with E-state index in [1.165, 1.54) is 0 Å². The minimum atomic E-state index is -0.330. The SMILES string of the molecule is NC(=O)C1Cc2ccc(O)cc2CN1. The zero-order valence-electron chi connectivity index (χ0n) is 7.66. The fourth-order valence-electron chi connectivity index (χ4n) is 1.70. The molecule has 1 aliphatic heterocycles. The van der Waals surface area contributed by atoms with Crippen LogP contribution in [0.4, 0.5) is 0 Å². The van der Waals surface area contributed by atoms with Gasteiger partial charge in [0.05, 0.1) is 6.04 Å². The Morgan fingerprint density at radius 2 is 2.29 bits per heavy atom. The van der Waals surface area contributed by atoms with E-state index in [2.05, 4.69) is 5.32 Å². The lowest BCUT2D eigenvalue weighted by molar-refractivity contribution is -0.120. The van der Waals surface area contributed by atoms with E-state index in [9.17, 15) is 9.90 Å². The summed E-state index contributed by atoms with van der Waals surface area (Å²) in [6.45, 7) is 0.581. The first-order valence-corrected chi connectivity index (χ1v) is 4.50. The third-order valence-corrected chi connectivity index (χ3v) is 2.50. The monoisotopic (exact) mass is 192 g/mol. The number of nitrogens with two attached hydrogens (primary N) is 1. The molecule has 0 aromatic heterocycles. The number of primary amides is 1. The van der Waals surface area contributed by atoms with E-state index in [0.29, 0.717) is 13.0 Å². The average Bonchev–Trinajstić information content (AvgIpc) is 2.16. The summed E-state index contributed by atoms with van der Waals surface area (Å²) in [7, 11) is 0. The first-order chi connectivity index (χ1) is 6.66. The van der Waals surface area contributed by atoms with E-state index in [0.717, 1.165) is 11.1 Å². The number of phenolic OH excluding ortho intramolecular Hbond substituents is 1. The molecule has 1 heterocycles. The first-order valence-electron chi connectivity index (χ1n) is 4.50. The number of carbonyl (C=O) groups excluding carboxylic acids is 1. The predicted molar refractivity (Wildman–Crippen MR) is 51.6 cm³/mol. The molecule has 0 spiro atoms. The lowest BCUT2D eigenvalue weighted by Crippen LogP contribution is -2.45. The molecule has 0 saturated heterocycles. The van der Waals surface area contributed by atoms with Gasteiger partial charge in [0.15, 0.2) is 0 Å². The van der Waals surface area contributed by atoms with Crippen LogP contribution in [0, 0.1) is 0 Å². The van der Waals surface area contributed by atoms with Gasteiger partial charge in [0.2, 0.25) is 5.91 Å². The number of phenols is 1. The zero-order valence-corrected chi connectivity index (χ0v) is 7.66. The number of rotatable bonds is 1. The molecule has 0 saturated carbocycles. The van der Waals surface area contributed by atoms with Crippen LogP contribution in [0.5, 0.6) is 5.75 Å². The van der Waals surface area contributed by atoms with Crippen LogP contribution in [0.1, 0.15) is 11.1 Å². The van der Waals surface area contributed by atoms with E-state index < -0.39 is 0 Å². The molecule has 1 aromatic rings. The Balaban J connectivity index is 2.27. The molecule has 0 bridgehead atoms. The number of carbonyl (C=O) groups is 1. The smallest absolute Gasteiger partial charge is 0.234 e. The molecule has 0 radical (unpaired) electrons. The van der Waals surface area contributed by atoms with Crippen molar-refractivity contribution in [3.05, 3.63) is 29.3 Å². The number of nitrogens with one attached hydrogen (secondary N) is 1. The molecule has 1 aliphatic rings. The van der Waals surface area contributed by atoms with Crippen LogP contribution in [0.2, 0.25) is 0 Å². The molecule has 1 aromatic carbocycles. The minimum absolute atomic E-state index is 0.253. The van der Waals surface area contributed by atoms with Gasteiger partial charge >= 0.3 is 0 Å². The van der Waals surface area contributed by atoms with Gasteiger partial charge in [0.25, 0.3) is 0 Å². The molecule has 14 heavy (non-hydrogen) atoms. The van der Waals surface area contributed by atoms with Crippen LogP contribution in [0.25, 0.3) is 0 Å². The van der Waals surface area contributed by atoms with Gasteiger partial charge in [-0.1, -0.05) is 6.07 Å². The van der Waals surface area contributed by atoms with Crippen molar-refractivity contribution in [2.24, 2.45) is 5.73 Å². The molecule has 4 N–H and O–H groups in total. The van der Waals surface area contributed by atoms with Gasteiger partial charge < -0.3 is 16.2 Å². The van der Waals surface area contributed by atoms with Crippen molar-refractivity contribution in [1.82, 2.24) is 5.32 Å². The van der Waals surface area contributed by atoms with Crippen molar-refractivity contribution in [3.8, 4) is 5.75 Å². The fourth-order valence-corrected chi connectivity index (χ4v) is 1.70. The lowest BCUT2D eigenvalue weighted by atomic mass is 9.95. The number of hydrogen-bond donors (Lipinski definition) is 3. The molecule has 0 aliphatic carbocycles. The largest absolute Gasteiger partial charge is 0.508 e. The normalized spacial score (nSPS) is 20.1.